The van der Waals surface area contributed by atoms with Crippen LogP contribution in [-0.4, -0.2) is 28.9 Å². The molecule has 0 saturated heterocycles. The summed E-state index contributed by atoms with van der Waals surface area (Å²) in [5, 5.41) is 8.85. The smallest absolute Gasteiger partial charge is 0.315 e. The number of nitrogens with zero attached hydrogens (tertiary/aromatic N) is 1. The van der Waals surface area contributed by atoms with Crippen LogP contribution in [0.5, 0.6) is 0 Å². The maximum absolute atomic E-state index is 11.9. The summed E-state index contributed by atoms with van der Waals surface area (Å²) < 4.78 is 0.903. The fourth-order valence-corrected chi connectivity index (χ4v) is 2.24. The minimum Gasteiger partial charge on any atom is -0.481 e. The highest BCUT2D eigenvalue weighted by molar-refractivity contribution is 9.10. The van der Waals surface area contributed by atoms with Crippen LogP contribution in [0.2, 0.25) is 0 Å². The van der Waals surface area contributed by atoms with E-state index >= 15 is 0 Å². The van der Waals surface area contributed by atoms with Crippen LogP contribution in [0, 0.1) is 5.92 Å². The number of carbonyl (C=O) groups is 2. The molecule has 0 spiro atoms. The molecular weight excluding hydrogens is 298 g/mol. The minimum absolute atomic E-state index is 0.185. The van der Waals surface area contributed by atoms with E-state index in [4.69, 9.17) is 5.11 Å². The van der Waals surface area contributed by atoms with Gasteiger partial charge in [-0.1, -0.05) is 34.1 Å². The van der Waals surface area contributed by atoms with Gasteiger partial charge in [0.2, 0.25) is 5.91 Å². The van der Waals surface area contributed by atoms with Crippen molar-refractivity contribution in [3.63, 3.8) is 0 Å². The van der Waals surface area contributed by atoms with Gasteiger partial charge in [0.1, 0.15) is 5.92 Å². The fraction of sp³-hybridized carbons (Fsp3) is 0.385. The van der Waals surface area contributed by atoms with Crippen molar-refractivity contribution in [2.24, 2.45) is 5.92 Å². The zero-order valence-electron chi connectivity index (χ0n) is 10.6. The topological polar surface area (TPSA) is 57.6 Å². The number of rotatable bonds is 4. The van der Waals surface area contributed by atoms with E-state index in [0.717, 1.165) is 10.0 Å². The first-order valence-corrected chi connectivity index (χ1v) is 6.39. The first-order valence-electron chi connectivity index (χ1n) is 5.60. The zero-order chi connectivity index (χ0) is 13.9. The first-order chi connectivity index (χ1) is 8.36. The Bertz CT molecular complexity index is 461. The number of carboxylic acids is 1. The SMILES string of the molecule is CC(C(=O)O)C(=O)N(C)C(C)c1ccccc1Br. The van der Waals surface area contributed by atoms with Gasteiger partial charge in [-0.2, -0.15) is 0 Å². The summed E-state index contributed by atoms with van der Waals surface area (Å²) in [4.78, 5) is 24.2. The lowest BCUT2D eigenvalue weighted by molar-refractivity contribution is -0.150. The van der Waals surface area contributed by atoms with Gasteiger partial charge < -0.3 is 10.0 Å². The average Bonchev–Trinajstić information content (AvgIpc) is 2.35. The number of carbonyl (C=O) groups excluding carboxylic acids is 1. The predicted octanol–water partition coefficient (Wildman–Crippen LogP) is 2.69. The summed E-state index contributed by atoms with van der Waals surface area (Å²) >= 11 is 3.43. The lowest BCUT2D eigenvalue weighted by atomic mass is 10.1. The third-order valence-corrected chi connectivity index (χ3v) is 3.75. The summed E-state index contributed by atoms with van der Waals surface area (Å²) in [7, 11) is 1.62. The van der Waals surface area contributed by atoms with E-state index in [0.29, 0.717) is 0 Å². The van der Waals surface area contributed by atoms with E-state index in [1.54, 1.807) is 7.05 Å². The summed E-state index contributed by atoms with van der Waals surface area (Å²) in [6.45, 7) is 3.26. The standard InChI is InChI=1S/C13H16BrNO3/c1-8(13(17)18)12(16)15(3)9(2)10-6-4-5-7-11(10)14/h4-9H,1-3H3,(H,17,18). The lowest BCUT2D eigenvalue weighted by Gasteiger charge is -2.27. The molecule has 98 valence electrons. The van der Waals surface area contributed by atoms with E-state index in [9.17, 15) is 9.59 Å². The van der Waals surface area contributed by atoms with Gasteiger partial charge in [-0.25, -0.2) is 0 Å². The van der Waals surface area contributed by atoms with Crippen molar-refractivity contribution < 1.29 is 14.7 Å². The predicted molar refractivity (Wildman–Crippen MR) is 72.1 cm³/mol. The number of aliphatic carboxylic acids is 1. The van der Waals surface area contributed by atoms with E-state index in [2.05, 4.69) is 15.9 Å². The summed E-state index contributed by atoms with van der Waals surface area (Å²) in [5.41, 5.74) is 0.950. The van der Waals surface area contributed by atoms with Gasteiger partial charge in [0.25, 0.3) is 0 Å². The molecule has 1 aromatic carbocycles. The Labute approximate surface area is 115 Å². The quantitative estimate of drug-likeness (QED) is 0.869. The van der Waals surface area contributed by atoms with Crippen LogP contribution in [0.15, 0.2) is 28.7 Å². The Morgan fingerprint density at radius 1 is 1.28 bits per heavy atom. The molecule has 0 aliphatic carbocycles. The molecule has 5 heteroatoms. The van der Waals surface area contributed by atoms with Crippen molar-refractivity contribution in [3.8, 4) is 0 Å². The van der Waals surface area contributed by atoms with Gasteiger partial charge in [0.05, 0.1) is 6.04 Å². The summed E-state index contributed by atoms with van der Waals surface area (Å²) in [6, 6.07) is 7.39. The van der Waals surface area contributed by atoms with Crippen molar-refractivity contribution >= 4 is 27.8 Å². The number of carboxylic acid groups (broad SMARTS) is 1. The van der Waals surface area contributed by atoms with Gasteiger partial charge in [-0.05, 0) is 25.5 Å². The van der Waals surface area contributed by atoms with Crippen LogP contribution in [0.1, 0.15) is 25.5 Å². The molecule has 0 fully saturated rings. The highest BCUT2D eigenvalue weighted by atomic mass is 79.9. The fourth-order valence-electron chi connectivity index (χ4n) is 1.62. The van der Waals surface area contributed by atoms with Crippen LogP contribution in [0.4, 0.5) is 0 Å². The highest BCUT2D eigenvalue weighted by Crippen LogP contribution is 2.27. The second-order valence-electron chi connectivity index (χ2n) is 4.21. The van der Waals surface area contributed by atoms with Crippen LogP contribution >= 0.6 is 15.9 Å². The van der Waals surface area contributed by atoms with E-state index in [1.165, 1.54) is 11.8 Å². The molecule has 0 radical (unpaired) electrons. The molecular formula is C13H16BrNO3. The molecule has 0 bridgehead atoms. The molecule has 1 rings (SSSR count). The van der Waals surface area contributed by atoms with Gasteiger partial charge in [0, 0.05) is 11.5 Å². The number of benzene rings is 1. The molecule has 4 nitrogen and oxygen atoms in total. The number of hydrogen-bond donors (Lipinski definition) is 1. The Kier molecular flexibility index (Phi) is 4.90. The first kappa shape index (κ1) is 14.7. The van der Waals surface area contributed by atoms with Crippen LogP contribution in [-0.2, 0) is 9.59 Å². The Morgan fingerprint density at radius 3 is 2.33 bits per heavy atom. The molecule has 1 aromatic rings. The normalized spacial score (nSPS) is 13.8. The van der Waals surface area contributed by atoms with Gasteiger partial charge >= 0.3 is 5.97 Å². The average molecular weight is 314 g/mol. The van der Waals surface area contributed by atoms with Crippen molar-refractivity contribution in [1.82, 2.24) is 4.90 Å². The Hall–Kier alpha value is -1.36. The third-order valence-electron chi connectivity index (χ3n) is 3.02. The maximum atomic E-state index is 11.9. The van der Waals surface area contributed by atoms with E-state index < -0.39 is 17.8 Å². The molecule has 0 aliphatic rings. The van der Waals surface area contributed by atoms with Crippen molar-refractivity contribution in [1.29, 1.82) is 0 Å². The van der Waals surface area contributed by atoms with Gasteiger partial charge in [-0.3, -0.25) is 9.59 Å². The van der Waals surface area contributed by atoms with Crippen molar-refractivity contribution in [3.05, 3.63) is 34.3 Å². The van der Waals surface area contributed by atoms with Crippen molar-refractivity contribution in [2.45, 2.75) is 19.9 Å². The maximum Gasteiger partial charge on any atom is 0.315 e. The van der Waals surface area contributed by atoms with Gasteiger partial charge in [-0.15, -0.1) is 0 Å². The molecule has 1 N–H and O–H groups in total. The number of amides is 1. The molecule has 2 unspecified atom stereocenters. The van der Waals surface area contributed by atoms with E-state index in [1.807, 2.05) is 31.2 Å². The largest absolute Gasteiger partial charge is 0.481 e. The molecule has 0 saturated carbocycles. The molecule has 18 heavy (non-hydrogen) atoms. The number of halogens is 1. The Morgan fingerprint density at radius 2 is 1.83 bits per heavy atom. The highest BCUT2D eigenvalue weighted by Gasteiger charge is 2.27. The zero-order valence-corrected chi connectivity index (χ0v) is 12.1. The minimum atomic E-state index is -1.11. The number of hydrogen-bond acceptors (Lipinski definition) is 2. The second-order valence-corrected chi connectivity index (χ2v) is 5.06. The summed E-state index contributed by atoms with van der Waals surface area (Å²) in [5.74, 6) is -2.53. The summed E-state index contributed by atoms with van der Waals surface area (Å²) in [6.07, 6.45) is 0. The molecule has 0 aliphatic heterocycles. The van der Waals surface area contributed by atoms with E-state index in [-0.39, 0.29) is 6.04 Å². The monoisotopic (exact) mass is 313 g/mol. The molecule has 0 heterocycles. The van der Waals surface area contributed by atoms with Crippen molar-refractivity contribution in [2.75, 3.05) is 7.05 Å². The molecule has 2 atom stereocenters. The molecule has 1 amide bonds. The van der Waals surface area contributed by atoms with Crippen LogP contribution < -0.4 is 0 Å². The second kappa shape index (κ2) is 6.00. The van der Waals surface area contributed by atoms with Crippen LogP contribution in [0.25, 0.3) is 0 Å². The lowest BCUT2D eigenvalue weighted by Crippen LogP contribution is -2.37. The Balaban J connectivity index is 2.91. The molecule has 0 aromatic heterocycles. The van der Waals surface area contributed by atoms with Gasteiger partial charge in [0.15, 0.2) is 0 Å². The third kappa shape index (κ3) is 3.10. The van der Waals surface area contributed by atoms with Crippen LogP contribution in [0.3, 0.4) is 0 Å².